The Kier molecular flexibility index (Phi) is 7.21. The molecule has 160 valence electrons. The van der Waals surface area contributed by atoms with Gasteiger partial charge in [0.15, 0.2) is 11.7 Å². The number of likely N-dealkylation sites (tertiary alicyclic amines) is 1. The summed E-state index contributed by atoms with van der Waals surface area (Å²) >= 11 is 0. The van der Waals surface area contributed by atoms with Gasteiger partial charge in [0.25, 0.3) is 0 Å². The second kappa shape index (κ2) is 10.0. The molecule has 2 aliphatic heterocycles. The van der Waals surface area contributed by atoms with E-state index < -0.39 is 5.92 Å². The molecule has 5 N–H and O–H groups in total. The number of carbonyl (C=O) groups excluding carboxylic acids is 3. The summed E-state index contributed by atoms with van der Waals surface area (Å²) in [5.74, 6) is -0.839. The Morgan fingerprint density at radius 2 is 1.90 bits per heavy atom. The lowest BCUT2D eigenvalue weighted by molar-refractivity contribution is -0.126. The van der Waals surface area contributed by atoms with E-state index in [0.29, 0.717) is 43.6 Å². The lowest BCUT2D eigenvalue weighted by atomic mass is 9.92. The van der Waals surface area contributed by atoms with Gasteiger partial charge in [0.1, 0.15) is 0 Å². The maximum Gasteiger partial charge on any atom is 0.224 e. The number of ketones is 1. The van der Waals surface area contributed by atoms with Crippen molar-refractivity contribution in [3.05, 3.63) is 42.0 Å². The van der Waals surface area contributed by atoms with Crippen molar-refractivity contribution < 1.29 is 14.4 Å². The predicted octanol–water partition coefficient (Wildman–Crippen LogP) is 2.03. The van der Waals surface area contributed by atoms with E-state index in [1.165, 1.54) is 0 Å². The lowest BCUT2D eigenvalue weighted by Gasteiger charge is -2.33. The Morgan fingerprint density at radius 3 is 2.63 bits per heavy atom. The van der Waals surface area contributed by atoms with E-state index in [0.717, 1.165) is 12.8 Å². The first kappa shape index (κ1) is 21.5. The van der Waals surface area contributed by atoms with Crippen molar-refractivity contribution in [1.82, 2.24) is 10.2 Å². The maximum atomic E-state index is 13.0. The minimum Gasteiger partial charge on any atom is -0.370 e. The molecule has 0 radical (unpaired) electrons. The lowest BCUT2D eigenvalue weighted by Crippen LogP contribution is -2.49. The summed E-state index contributed by atoms with van der Waals surface area (Å²) in [4.78, 5) is 39.8. The molecule has 8 nitrogen and oxygen atoms in total. The molecule has 3 rings (SSSR count). The van der Waals surface area contributed by atoms with Crippen molar-refractivity contribution in [2.24, 2.45) is 11.7 Å². The van der Waals surface area contributed by atoms with E-state index >= 15 is 0 Å². The number of nitrogens with two attached hydrogens (primary N) is 1. The molecule has 1 saturated heterocycles. The average molecular weight is 412 g/mol. The van der Waals surface area contributed by atoms with Crippen molar-refractivity contribution >= 4 is 29.2 Å². The number of piperidine rings is 1. The van der Waals surface area contributed by atoms with Gasteiger partial charge in [-0.2, -0.15) is 0 Å². The first-order valence-electron chi connectivity index (χ1n) is 10.4. The monoisotopic (exact) mass is 411 g/mol. The SMILES string of the molecule is N=C(N)N1CCC(NC(=O)C2C/C=C\CCC(=O)Nc3ccccc3C(=O)C2)CC1. The molecule has 1 atom stereocenters. The van der Waals surface area contributed by atoms with Crippen LogP contribution in [-0.4, -0.2) is 47.6 Å². The fourth-order valence-electron chi connectivity index (χ4n) is 3.84. The number of amides is 2. The second-order valence-electron chi connectivity index (χ2n) is 7.82. The predicted molar refractivity (Wildman–Crippen MR) is 115 cm³/mol. The molecular formula is C22H29N5O3. The van der Waals surface area contributed by atoms with Crippen LogP contribution in [-0.2, 0) is 9.59 Å². The molecule has 1 unspecified atom stereocenters. The van der Waals surface area contributed by atoms with Crippen molar-refractivity contribution in [2.75, 3.05) is 18.4 Å². The molecule has 0 aliphatic carbocycles. The molecule has 1 aromatic rings. The Bertz CT molecular complexity index is 843. The maximum absolute atomic E-state index is 13.0. The minimum absolute atomic E-state index is 0.0140. The number of benzene rings is 1. The van der Waals surface area contributed by atoms with Crippen LogP contribution in [0.4, 0.5) is 5.69 Å². The number of nitrogens with zero attached hydrogens (tertiary/aromatic N) is 1. The Labute approximate surface area is 176 Å². The smallest absolute Gasteiger partial charge is 0.224 e. The Hall–Kier alpha value is -3.16. The van der Waals surface area contributed by atoms with Crippen LogP contribution < -0.4 is 16.4 Å². The van der Waals surface area contributed by atoms with Crippen LogP contribution in [0.25, 0.3) is 0 Å². The number of carbonyl (C=O) groups is 3. The number of rotatable bonds is 2. The molecule has 0 spiro atoms. The van der Waals surface area contributed by atoms with Gasteiger partial charge in [0, 0.05) is 43.5 Å². The number of fused-ring (bicyclic) bond motifs is 1. The topological polar surface area (TPSA) is 128 Å². The summed E-state index contributed by atoms with van der Waals surface area (Å²) in [6, 6.07) is 6.94. The number of hydrogen-bond acceptors (Lipinski definition) is 4. The number of Topliss-reactive ketones (excluding diaryl/α,β-unsaturated/α-hetero) is 1. The highest BCUT2D eigenvalue weighted by Gasteiger charge is 2.27. The van der Waals surface area contributed by atoms with Crippen molar-refractivity contribution in [2.45, 2.75) is 44.6 Å². The first-order chi connectivity index (χ1) is 14.4. The number of nitrogens with one attached hydrogen (secondary N) is 3. The summed E-state index contributed by atoms with van der Waals surface area (Å²) in [6.45, 7) is 1.27. The van der Waals surface area contributed by atoms with E-state index in [1.807, 2.05) is 12.2 Å². The molecular weight excluding hydrogens is 382 g/mol. The molecule has 2 aliphatic rings. The summed E-state index contributed by atoms with van der Waals surface area (Å²) in [7, 11) is 0. The number of para-hydroxylation sites is 1. The van der Waals surface area contributed by atoms with Crippen molar-refractivity contribution in [3.63, 3.8) is 0 Å². The summed E-state index contributed by atoms with van der Waals surface area (Å²) in [5.41, 5.74) is 6.45. The molecule has 8 heteroatoms. The molecule has 2 amide bonds. The van der Waals surface area contributed by atoms with Gasteiger partial charge in [-0.25, -0.2) is 0 Å². The molecule has 0 saturated carbocycles. The van der Waals surface area contributed by atoms with Gasteiger partial charge in [-0.05, 0) is 37.8 Å². The quantitative estimate of drug-likeness (QED) is 0.336. The van der Waals surface area contributed by atoms with Crippen LogP contribution in [0, 0.1) is 11.3 Å². The number of hydrogen-bond donors (Lipinski definition) is 4. The van der Waals surface area contributed by atoms with Crippen molar-refractivity contribution in [1.29, 1.82) is 5.41 Å². The molecule has 1 aromatic carbocycles. The van der Waals surface area contributed by atoms with Crippen molar-refractivity contribution in [3.8, 4) is 0 Å². The first-order valence-corrected chi connectivity index (χ1v) is 10.4. The van der Waals surface area contributed by atoms with Crippen LogP contribution >= 0.6 is 0 Å². The fraction of sp³-hybridized carbons (Fsp3) is 0.455. The van der Waals surface area contributed by atoms with Gasteiger partial charge in [0.2, 0.25) is 11.8 Å². The zero-order valence-corrected chi connectivity index (χ0v) is 17.0. The largest absolute Gasteiger partial charge is 0.370 e. The third-order valence-corrected chi connectivity index (χ3v) is 5.61. The van der Waals surface area contributed by atoms with Gasteiger partial charge < -0.3 is 21.3 Å². The van der Waals surface area contributed by atoms with E-state index in [1.54, 1.807) is 29.2 Å². The number of guanidine groups is 1. The van der Waals surface area contributed by atoms with Gasteiger partial charge in [-0.3, -0.25) is 19.8 Å². The normalized spacial score (nSPS) is 22.1. The van der Waals surface area contributed by atoms with Crippen LogP contribution in [0.2, 0.25) is 0 Å². The van der Waals surface area contributed by atoms with E-state index in [9.17, 15) is 14.4 Å². The Morgan fingerprint density at radius 1 is 1.17 bits per heavy atom. The van der Waals surface area contributed by atoms with Gasteiger partial charge in [-0.1, -0.05) is 24.3 Å². The third kappa shape index (κ3) is 5.68. The molecule has 0 bridgehead atoms. The van der Waals surface area contributed by atoms with Crippen LogP contribution in [0.3, 0.4) is 0 Å². The van der Waals surface area contributed by atoms with Gasteiger partial charge in [-0.15, -0.1) is 0 Å². The molecule has 0 aromatic heterocycles. The van der Waals surface area contributed by atoms with Gasteiger partial charge in [0.05, 0.1) is 5.69 Å². The Balaban J connectivity index is 1.70. The molecule has 1 fully saturated rings. The average Bonchev–Trinajstić information content (AvgIpc) is 2.72. The van der Waals surface area contributed by atoms with Gasteiger partial charge >= 0.3 is 0 Å². The van der Waals surface area contributed by atoms with E-state index in [2.05, 4.69) is 10.6 Å². The highest BCUT2D eigenvalue weighted by Crippen LogP contribution is 2.23. The zero-order chi connectivity index (χ0) is 21.5. The molecule has 30 heavy (non-hydrogen) atoms. The van der Waals surface area contributed by atoms with Crippen LogP contribution in [0.1, 0.15) is 48.9 Å². The summed E-state index contributed by atoms with van der Waals surface area (Å²) in [6.07, 6.45) is 6.65. The third-order valence-electron chi connectivity index (χ3n) is 5.61. The summed E-state index contributed by atoms with van der Waals surface area (Å²) < 4.78 is 0. The summed E-state index contributed by atoms with van der Waals surface area (Å²) in [5, 5.41) is 13.4. The molecule has 2 heterocycles. The highest BCUT2D eigenvalue weighted by molar-refractivity contribution is 6.06. The van der Waals surface area contributed by atoms with Crippen LogP contribution in [0.5, 0.6) is 0 Å². The van der Waals surface area contributed by atoms with E-state index in [-0.39, 0.29) is 36.0 Å². The number of anilines is 1. The minimum atomic E-state index is -0.470. The van der Waals surface area contributed by atoms with Crippen LogP contribution in [0.15, 0.2) is 36.4 Å². The standard InChI is InChI=1S/C22H29N5O3/c23-22(24)27-12-10-16(11-13-27)25-21(30)15-6-2-1-3-9-20(29)26-18-8-5-4-7-17(18)19(28)14-15/h1-2,4-5,7-8,15-16H,3,6,9-14H2,(H3,23,24)(H,25,30)(H,26,29)/b2-1-. The zero-order valence-electron chi connectivity index (χ0n) is 17.0. The fourth-order valence-corrected chi connectivity index (χ4v) is 3.84. The highest BCUT2D eigenvalue weighted by atomic mass is 16.2. The number of allylic oxidation sites excluding steroid dienone is 2. The second-order valence-corrected chi connectivity index (χ2v) is 7.82. The van der Waals surface area contributed by atoms with E-state index in [4.69, 9.17) is 11.1 Å².